The SMILES string of the molecule is CCCCCCCCCCCCCCCCC(O)CCS(=O)(=O)OCC(O)O. The summed E-state index contributed by atoms with van der Waals surface area (Å²) in [6.07, 6.45) is 16.1. The molecule has 3 N–H and O–H groups in total. The van der Waals surface area contributed by atoms with E-state index in [1.807, 2.05) is 0 Å². The summed E-state index contributed by atoms with van der Waals surface area (Å²) < 4.78 is 27.4. The van der Waals surface area contributed by atoms with E-state index in [1.54, 1.807) is 0 Å². The van der Waals surface area contributed by atoms with E-state index in [1.165, 1.54) is 77.0 Å². The molecule has 6 nitrogen and oxygen atoms in total. The highest BCUT2D eigenvalue weighted by Gasteiger charge is 2.16. The van der Waals surface area contributed by atoms with Crippen molar-refractivity contribution in [2.75, 3.05) is 12.4 Å². The third kappa shape index (κ3) is 20.5. The Morgan fingerprint density at radius 2 is 1.11 bits per heavy atom. The van der Waals surface area contributed by atoms with Crippen LogP contribution in [0.5, 0.6) is 0 Å². The minimum atomic E-state index is -3.81. The average molecular weight is 425 g/mol. The van der Waals surface area contributed by atoms with Gasteiger partial charge in [0.25, 0.3) is 10.1 Å². The van der Waals surface area contributed by atoms with Gasteiger partial charge >= 0.3 is 0 Å². The number of aliphatic hydroxyl groups excluding tert-OH is 2. The molecular weight excluding hydrogens is 380 g/mol. The molecule has 0 aliphatic carbocycles. The van der Waals surface area contributed by atoms with E-state index in [4.69, 9.17) is 10.2 Å². The fourth-order valence-electron chi connectivity index (χ4n) is 3.22. The molecule has 0 radical (unpaired) electrons. The van der Waals surface area contributed by atoms with Crippen molar-refractivity contribution in [3.63, 3.8) is 0 Å². The van der Waals surface area contributed by atoms with Gasteiger partial charge in [-0.1, -0.05) is 96.8 Å². The van der Waals surface area contributed by atoms with Gasteiger partial charge in [-0.05, 0) is 12.8 Å². The Morgan fingerprint density at radius 3 is 1.54 bits per heavy atom. The van der Waals surface area contributed by atoms with Crippen LogP contribution in [0.2, 0.25) is 0 Å². The highest BCUT2D eigenvalue weighted by atomic mass is 32.2. The molecule has 0 rings (SSSR count). The average Bonchev–Trinajstić information content (AvgIpc) is 2.65. The van der Waals surface area contributed by atoms with E-state index in [0.29, 0.717) is 6.42 Å². The minimum Gasteiger partial charge on any atom is -0.393 e. The summed E-state index contributed by atoms with van der Waals surface area (Å²) in [5.41, 5.74) is 0. The summed E-state index contributed by atoms with van der Waals surface area (Å²) in [5.74, 6) is -0.306. The maximum absolute atomic E-state index is 11.5. The number of hydrogen-bond acceptors (Lipinski definition) is 6. The van der Waals surface area contributed by atoms with E-state index >= 15 is 0 Å². The summed E-state index contributed by atoms with van der Waals surface area (Å²) in [7, 11) is -3.81. The molecule has 0 aromatic carbocycles. The first-order valence-corrected chi connectivity index (χ1v) is 12.9. The lowest BCUT2D eigenvalue weighted by atomic mass is 10.0. The van der Waals surface area contributed by atoms with Crippen LogP contribution in [0.4, 0.5) is 0 Å². The highest BCUT2D eigenvalue weighted by Crippen LogP contribution is 2.14. The monoisotopic (exact) mass is 424 g/mol. The highest BCUT2D eigenvalue weighted by molar-refractivity contribution is 7.86. The van der Waals surface area contributed by atoms with Gasteiger partial charge in [-0.25, -0.2) is 0 Å². The van der Waals surface area contributed by atoms with Crippen LogP contribution in [0.15, 0.2) is 0 Å². The molecule has 7 heteroatoms. The first kappa shape index (κ1) is 27.8. The smallest absolute Gasteiger partial charge is 0.267 e. The van der Waals surface area contributed by atoms with Gasteiger partial charge in [0.05, 0.1) is 11.9 Å². The standard InChI is InChI=1S/C21H44O6S/c1-2-3-4-5-6-7-8-9-10-11-12-13-14-15-16-20(22)17-18-28(25,26)27-19-21(23)24/h20-24H,2-19H2,1H3. The Bertz CT molecular complexity index is 425. The van der Waals surface area contributed by atoms with Gasteiger partial charge in [0.1, 0.15) is 6.61 Å². The summed E-state index contributed by atoms with van der Waals surface area (Å²) in [4.78, 5) is 0. The van der Waals surface area contributed by atoms with Gasteiger partial charge in [0.2, 0.25) is 0 Å². The molecule has 0 saturated carbocycles. The zero-order chi connectivity index (χ0) is 21.1. The Labute approximate surface area is 172 Å². The van der Waals surface area contributed by atoms with Crippen LogP contribution < -0.4 is 0 Å². The first-order chi connectivity index (χ1) is 13.4. The van der Waals surface area contributed by atoms with Gasteiger partial charge in [-0.3, -0.25) is 4.18 Å². The Kier molecular flexibility index (Phi) is 18.7. The quantitative estimate of drug-likeness (QED) is 0.144. The predicted molar refractivity (Wildman–Crippen MR) is 114 cm³/mol. The number of unbranched alkanes of at least 4 members (excludes halogenated alkanes) is 13. The fraction of sp³-hybridized carbons (Fsp3) is 1.00. The summed E-state index contributed by atoms with van der Waals surface area (Å²) in [6, 6.07) is 0. The zero-order valence-electron chi connectivity index (χ0n) is 17.9. The molecule has 0 spiro atoms. The van der Waals surface area contributed by atoms with Crippen molar-refractivity contribution in [3.8, 4) is 0 Å². The summed E-state index contributed by atoms with van der Waals surface area (Å²) >= 11 is 0. The van der Waals surface area contributed by atoms with Crippen molar-refractivity contribution in [1.29, 1.82) is 0 Å². The van der Waals surface area contributed by atoms with E-state index in [-0.39, 0.29) is 12.2 Å². The molecule has 170 valence electrons. The molecule has 0 saturated heterocycles. The van der Waals surface area contributed by atoms with Crippen molar-refractivity contribution in [2.24, 2.45) is 0 Å². The third-order valence-electron chi connectivity index (χ3n) is 4.99. The van der Waals surface area contributed by atoms with Crippen molar-refractivity contribution in [2.45, 2.75) is 122 Å². The van der Waals surface area contributed by atoms with Gasteiger partial charge in [-0.15, -0.1) is 0 Å². The van der Waals surface area contributed by atoms with Crippen LogP contribution in [0.1, 0.15) is 110 Å². The Hall–Kier alpha value is -0.210. The lowest BCUT2D eigenvalue weighted by Gasteiger charge is -2.11. The second-order valence-corrected chi connectivity index (χ2v) is 9.61. The van der Waals surface area contributed by atoms with Gasteiger partial charge in [0.15, 0.2) is 6.29 Å². The molecule has 0 fully saturated rings. The topological polar surface area (TPSA) is 104 Å². The molecule has 0 aromatic rings. The van der Waals surface area contributed by atoms with Gasteiger partial charge in [-0.2, -0.15) is 8.42 Å². The van der Waals surface area contributed by atoms with Crippen molar-refractivity contribution < 1.29 is 27.9 Å². The third-order valence-corrected chi connectivity index (χ3v) is 6.22. The first-order valence-electron chi connectivity index (χ1n) is 11.3. The Balaban J connectivity index is 3.37. The van der Waals surface area contributed by atoms with Gasteiger partial charge in [0, 0.05) is 0 Å². The molecule has 0 bridgehead atoms. The van der Waals surface area contributed by atoms with Crippen LogP contribution in [-0.2, 0) is 14.3 Å². The lowest BCUT2D eigenvalue weighted by molar-refractivity contribution is -0.0669. The zero-order valence-corrected chi connectivity index (χ0v) is 18.7. The van der Waals surface area contributed by atoms with E-state index < -0.39 is 29.1 Å². The molecule has 0 amide bonds. The maximum Gasteiger partial charge on any atom is 0.267 e. The molecule has 0 aliphatic rings. The van der Waals surface area contributed by atoms with Crippen LogP contribution >= 0.6 is 0 Å². The fourth-order valence-corrected chi connectivity index (χ4v) is 4.23. The molecule has 28 heavy (non-hydrogen) atoms. The van der Waals surface area contributed by atoms with Gasteiger partial charge < -0.3 is 15.3 Å². The number of rotatable bonds is 21. The molecular formula is C21H44O6S. The van der Waals surface area contributed by atoms with E-state index in [2.05, 4.69) is 11.1 Å². The lowest BCUT2D eigenvalue weighted by Crippen LogP contribution is -2.22. The predicted octanol–water partition coefficient (Wildman–Crippen LogP) is 4.27. The molecule has 0 heterocycles. The molecule has 0 aromatic heterocycles. The van der Waals surface area contributed by atoms with Crippen molar-refractivity contribution in [1.82, 2.24) is 0 Å². The van der Waals surface area contributed by atoms with Crippen LogP contribution in [0, 0.1) is 0 Å². The second-order valence-electron chi connectivity index (χ2n) is 7.85. The molecule has 1 atom stereocenters. The van der Waals surface area contributed by atoms with E-state index in [9.17, 15) is 13.5 Å². The van der Waals surface area contributed by atoms with Crippen molar-refractivity contribution >= 4 is 10.1 Å². The molecule has 1 unspecified atom stereocenters. The van der Waals surface area contributed by atoms with Crippen LogP contribution in [-0.4, -0.2) is 48.5 Å². The molecule has 0 aliphatic heterocycles. The minimum absolute atomic E-state index is 0.113. The number of aliphatic hydroxyl groups is 3. The Morgan fingerprint density at radius 1 is 0.679 bits per heavy atom. The van der Waals surface area contributed by atoms with E-state index in [0.717, 1.165) is 12.8 Å². The van der Waals surface area contributed by atoms with Crippen LogP contribution in [0.3, 0.4) is 0 Å². The summed E-state index contributed by atoms with van der Waals surface area (Å²) in [5, 5.41) is 27.1. The van der Waals surface area contributed by atoms with Crippen molar-refractivity contribution in [3.05, 3.63) is 0 Å². The number of hydrogen-bond donors (Lipinski definition) is 3. The second kappa shape index (κ2) is 18.8. The largest absolute Gasteiger partial charge is 0.393 e. The van der Waals surface area contributed by atoms with Crippen LogP contribution in [0.25, 0.3) is 0 Å². The summed E-state index contributed by atoms with van der Waals surface area (Å²) in [6.45, 7) is 1.58. The maximum atomic E-state index is 11.5. The normalized spacial score (nSPS) is 13.3.